The van der Waals surface area contributed by atoms with Crippen LogP contribution in [-0.2, 0) is 6.42 Å². The van der Waals surface area contributed by atoms with E-state index < -0.39 is 0 Å². The van der Waals surface area contributed by atoms with E-state index >= 15 is 0 Å². The first-order valence-corrected chi connectivity index (χ1v) is 6.92. The molecule has 0 amide bonds. The predicted octanol–water partition coefficient (Wildman–Crippen LogP) is 2.51. The summed E-state index contributed by atoms with van der Waals surface area (Å²) in [7, 11) is 3.30. The summed E-state index contributed by atoms with van der Waals surface area (Å²) in [6.07, 6.45) is 0.809. The van der Waals surface area contributed by atoms with Gasteiger partial charge in [0.05, 0.1) is 20.3 Å². The molecule has 0 aliphatic heterocycles. The van der Waals surface area contributed by atoms with Crippen molar-refractivity contribution in [1.82, 2.24) is 5.43 Å². The van der Waals surface area contributed by atoms with Crippen molar-refractivity contribution in [2.45, 2.75) is 12.5 Å². The number of methoxy groups -OCH3 is 2. The molecule has 5 heteroatoms. The summed E-state index contributed by atoms with van der Waals surface area (Å²) in [5, 5.41) is 4.18. The zero-order valence-electron chi connectivity index (χ0n) is 11.1. The summed E-state index contributed by atoms with van der Waals surface area (Å²) in [6, 6.07) is 7.81. The normalized spacial score (nSPS) is 12.2. The van der Waals surface area contributed by atoms with Crippen LogP contribution in [0.2, 0.25) is 0 Å². The number of thiophene rings is 1. The van der Waals surface area contributed by atoms with Gasteiger partial charge in [-0.25, -0.2) is 0 Å². The first-order chi connectivity index (χ1) is 9.28. The minimum atomic E-state index is -0.0142. The fourth-order valence-electron chi connectivity index (χ4n) is 2.01. The molecule has 0 fully saturated rings. The molecule has 4 nitrogen and oxygen atoms in total. The van der Waals surface area contributed by atoms with Gasteiger partial charge in [0.15, 0.2) is 0 Å². The van der Waals surface area contributed by atoms with Crippen LogP contribution in [0.4, 0.5) is 0 Å². The highest BCUT2D eigenvalue weighted by atomic mass is 32.1. The third-order valence-electron chi connectivity index (χ3n) is 3.03. The molecule has 19 heavy (non-hydrogen) atoms. The summed E-state index contributed by atoms with van der Waals surface area (Å²) in [6.45, 7) is 0. The average molecular weight is 278 g/mol. The molecule has 0 saturated carbocycles. The average Bonchev–Trinajstić information content (AvgIpc) is 2.97. The van der Waals surface area contributed by atoms with E-state index in [-0.39, 0.29) is 6.04 Å². The van der Waals surface area contributed by atoms with Crippen molar-refractivity contribution in [1.29, 1.82) is 0 Å². The van der Waals surface area contributed by atoms with Crippen molar-refractivity contribution >= 4 is 11.3 Å². The van der Waals surface area contributed by atoms with E-state index in [2.05, 4.69) is 22.3 Å². The van der Waals surface area contributed by atoms with Crippen LogP contribution in [0.25, 0.3) is 0 Å². The Bertz CT molecular complexity index is 514. The lowest BCUT2D eigenvalue weighted by molar-refractivity contribution is 0.389. The van der Waals surface area contributed by atoms with Crippen LogP contribution in [0.5, 0.6) is 11.5 Å². The zero-order chi connectivity index (χ0) is 13.7. The Labute approximate surface area is 117 Å². The maximum absolute atomic E-state index is 5.69. The van der Waals surface area contributed by atoms with Crippen molar-refractivity contribution in [3.05, 3.63) is 46.2 Å². The number of hydrogen-bond donors (Lipinski definition) is 2. The minimum absolute atomic E-state index is 0.0142. The molecule has 0 radical (unpaired) electrons. The number of rotatable bonds is 6. The number of hydrazine groups is 1. The zero-order valence-corrected chi connectivity index (χ0v) is 11.9. The van der Waals surface area contributed by atoms with Crippen molar-refractivity contribution in [3.8, 4) is 11.5 Å². The van der Waals surface area contributed by atoms with Gasteiger partial charge in [-0.1, -0.05) is 0 Å². The molecular formula is C14H18N2O2S. The molecule has 3 N–H and O–H groups in total. The van der Waals surface area contributed by atoms with Crippen molar-refractivity contribution in [3.63, 3.8) is 0 Å². The van der Waals surface area contributed by atoms with E-state index in [9.17, 15) is 0 Å². The molecule has 1 heterocycles. The molecule has 0 spiro atoms. The molecule has 1 aromatic carbocycles. The standard InChI is InChI=1S/C14H18N2O2S/c1-17-11-3-4-14(18-2)12(8-11)13(16-15)7-10-5-6-19-9-10/h3-6,8-9,13,16H,7,15H2,1-2H3. The second-order valence-electron chi connectivity index (χ2n) is 4.16. The lowest BCUT2D eigenvalue weighted by Crippen LogP contribution is -2.29. The third-order valence-corrected chi connectivity index (χ3v) is 3.77. The van der Waals surface area contributed by atoms with Crippen LogP contribution in [-0.4, -0.2) is 14.2 Å². The van der Waals surface area contributed by atoms with Crippen LogP contribution >= 0.6 is 11.3 Å². The van der Waals surface area contributed by atoms with Crippen LogP contribution < -0.4 is 20.7 Å². The molecule has 0 bridgehead atoms. The van der Waals surface area contributed by atoms with Crippen LogP contribution in [0.1, 0.15) is 17.2 Å². The smallest absolute Gasteiger partial charge is 0.123 e. The number of nitrogens with one attached hydrogen (secondary N) is 1. The van der Waals surface area contributed by atoms with E-state index in [1.165, 1.54) is 5.56 Å². The van der Waals surface area contributed by atoms with Gasteiger partial charge in [0.25, 0.3) is 0 Å². The van der Waals surface area contributed by atoms with E-state index in [0.717, 1.165) is 23.5 Å². The highest BCUT2D eigenvalue weighted by Crippen LogP contribution is 2.31. The Morgan fingerprint density at radius 1 is 1.26 bits per heavy atom. The van der Waals surface area contributed by atoms with E-state index in [0.29, 0.717) is 0 Å². The maximum atomic E-state index is 5.69. The monoisotopic (exact) mass is 278 g/mol. The molecule has 0 aliphatic rings. The Kier molecular flexibility index (Phi) is 4.79. The van der Waals surface area contributed by atoms with Crippen LogP contribution in [0.15, 0.2) is 35.0 Å². The van der Waals surface area contributed by atoms with Gasteiger partial charge in [-0.3, -0.25) is 11.3 Å². The molecule has 1 aromatic heterocycles. The topological polar surface area (TPSA) is 56.5 Å². The molecule has 102 valence electrons. The molecular weight excluding hydrogens is 260 g/mol. The highest BCUT2D eigenvalue weighted by molar-refractivity contribution is 7.07. The Morgan fingerprint density at radius 3 is 2.68 bits per heavy atom. The Morgan fingerprint density at radius 2 is 2.11 bits per heavy atom. The number of ether oxygens (including phenoxy) is 2. The highest BCUT2D eigenvalue weighted by Gasteiger charge is 2.16. The lowest BCUT2D eigenvalue weighted by Gasteiger charge is -2.19. The summed E-state index contributed by atoms with van der Waals surface area (Å²) in [4.78, 5) is 0. The number of nitrogens with two attached hydrogens (primary N) is 1. The predicted molar refractivity (Wildman–Crippen MR) is 77.6 cm³/mol. The first kappa shape index (κ1) is 13.9. The first-order valence-electron chi connectivity index (χ1n) is 5.97. The number of hydrogen-bond acceptors (Lipinski definition) is 5. The fraction of sp³-hybridized carbons (Fsp3) is 0.286. The lowest BCUT2D eigenvalue weighted by atomic mass is 10.00. The minimum Gasteiger partial charge on any atom is -0.497 e. The summed E-state index contributed by atoms with van der Waals surface area (Å²) >= 11 is 1.68. The van der Waals surface area contributed by atoms with Crippen molar-refractivity contribution in [2.24, 2.45) is 5.84 Å². The fourth-order valence-corrected chi connectivity index (χ4v) is 2.70. The van der Waals surface area contributed by atoms with Gasteiger partial charge in [0.1, 0.15) is 11.5 Å². The molecule has 0 saturated heterocycles. The molecule has 1 unspecified atom stereocenters. The Balaban J connectivity index is 2.30. The molecule has 2 rings (SSSR count). The van der Waals surface area contributed by atoms with Crippen LogP contribution in [0.3, 0.4) is 0 Å². The largest absolute Gasteiger partial charge is 0.497 e. The second-order valence-corrected chi connectivity index (χ2v) is 4.94. The summed E-state index contributed by atoms with van der Waals surface area (Å²) in [5.41, 5.74) is 5.10. The maximum Gasteiger partial charge on any atom is 0.123 e. The molecule has 2 aromatic rings. The van der Waals surface area contributed by atoms with Gasteiger partial charge < -0.3 is 9.47 Å². The van der Waals surface area contributed by atoms with Gasteiger partial charge in [-0.15, -0.1) is 0 Å². The third kappa shape index (κ3) is 3.26. The summed E-state index contributed by atoms with van der Waals surface area (Å²) in [5.74, 6) is 7.29. The van der Waals surface area contributed by atoms with E-state index in [1.807, 2.05) is 18.2 Å². The summed E-state index contributed by atoms with van der Waals surface area (Å²) < 4.78 is 10.7. The van der Waals surface area contributed by atoms with Crippen molar-refractivity contribution < 1.29 is 9.47 Å². The molecule has 1 atom stereocenters. The van der Waals surface area contributed by atoms with E-state index in [4.69, 9.17) is 15.3 Å². The van der Waals surface area contributed by atoms with Crippen LogP contribution in [0, 0.1) is 0 Å². The number of benzene rings is 1. The second kappa shape index (κ2) is 6.56. The Hall–Kier alpha value is -1.56. The van der Waals surface area contributed by atoms with Gasteiger partial charge >= 0.3 is 0 Å². The van der Waals surface area contributed by atoms with Gasteiger partial charge in [-0.05, 0) is 47.0 Å². The van der Waals surface area contributed by atoms with Crippen molar-refractivity contribution in [2.75, 3.05) is 14.2 Å². The SMILES string of the molecule is COc1ccc(OC)c(C(Cc2ccsc2)NN)c1. The molecule has 0 aliphatic carbocycles. The van der Waals surface area contributed by atoms with E-state index in [1.54, 1.807) is 25.6 Å². The van der Waals surface area contributed by atoms with Gasteiger partial charge in [0.2, 0.25) is 0 Å². The quantitative estimate of drug-likeness (QED) is 0.630. The van der Waals surface area contributed by atoms with Gasteiger partial charge in [0, 0.05) is 5.56 Å². The van der Waals surface area contributed by atoms with Gasteiger partial charge in [-0.2, -0.15) is 11.3 Å².